The first-order valence-corrected chi connectivity index (χ1v) is 10.2. The van der Waals surface area contributed by atoms with Crippen LogP contribution in [0.5, 0.6) is 0 Å². The van der Waals surface area contributed by atoms with Gasteiger partial charge in [0.15, 0.2) is 0 Å². The van der Waals surface area contributed by atoms with Gasteiger partial charge in [0.25, 0.3) is 0 Å². The third kappa shape index (κ3) is 4.03. The zero-order chi connectivity index (χ0) is 19.4. The molecule has 4 rings (SSSR count). The number of pyridine rings is 1. The first kappa shape index (κ1) is 18.2. The molecule has 2 aromatic heterocycles. The highest BCUT2D eigenvalue weighted by Gasteiger charge is 2.14. The average Bonchev–Trinajstić information content (AvgIpc) is 3.28. The van der Waals surface area contributed by atoms with E-state index < -0.39 is 10.0 Å². The van der Waals surface area contributed by atoms with Crippen LogP contribution in [0.4, 0.5) is 0 Å². The average molecular weight is 390 g/mol. The van der Waals surface area contributed by atoms with Gasteiger partial charge in [-0.2, -0.15) is 0 Å². The molecule has 0 aliphatic heterocycles. The number of aromatic nitrogens is 1. The SMILES string of the molecule is O=S(=O)(NCc1ccc(-c2ccoc2)nc1)c1cccc(-c2ccccc2)c1. The van der Waals surface area contributed by atoms with Gasteiger partial charge in [-0.15, -0.1) is 0 Å². The number of nitrogens with zero attached hydrogens (tertiary/aromatic N) is 1. The highest BCUT2D eigenvalue weighted by Crippen LogP contribution is 2.22. The number of furan rings is 1. The van der Waals surface area contributed by atoms with Gasteiger partial charge in [0.1, 0.15) is 0 Å². The quantitative estimate of drug-likeness (QED) is 0.527. The van der Waals surface area contributed by atoms with E-state index in [0.717, 1.165) is 27.9 Å². The predicted molar refractivity (Wildman–Crippen MR) is 108 cm³/mol. The van der Waals surface area contributed by atoms with Gasteiger partial charge < -0.3 is 4.42 Å². The molecule has 0 bridgehead atoms. The molecule has 0 fully saturated rings. The third-order valence-corrected chi connectivity index (χ3v) is 5.76. The minimum atomic E-state index is -3.64. The molecular formula is C22H18N2O3S. The molecule has 0 radical (unpaired) electrons. The Hall–Kier alpha value is -3.22. The first-order chi connectivity index (χ1) is 13.6. The number of benzene rings is 2. The largest absolute Gasteiger partial charge is 0.472 e. The van der Waals surface area contributed by atoms with Crippen LogP contribution in [-0.2, 0) is 16.6 Å². The second-order valence-electron chi connectivity index (χ2n) is 6.28. The molecule has 0 spiro atoms. The van der Waals surface area contributed by atoms with Crippen LogP contribution in [-0.4, -0.2) is 13.4 Å². The summed E-state index contributed by atoms with van der Waals surface area (Å²) in [6.45, 7) is 0.163. The Bertz CT molecular complexity index is 1150. The van der Waals surface area contributed by atoms with Crippen LogP contribution in [0.2, 0.25) is 0 Å². The highest BCUT2D eigenvalue weighted by atomic mass is 32.2. The van der Waals surface area contributed by atoms with E-state index in [2.05, 4.69) is 9.71 Å². The molecule has 1 N–H and O–H groups in total. The van der Waals surface area contributed by atoms with Crippen LogP contribution in [0.1, 0.15) is 5.56 Å². The molecule has 0 saturated heterocycles. The van der Waals surface area contributed by atoms with Crippen molar-refractivity contribution in [2.45, 2.75) is 11.4 Å². The number of sulfonamides is 1. The maximum atomic E-state index is 12.7. The van der Waals surface area contributed by atoms with E-state index in [1.807, 2.05) is 54.6 Å². The fourth-order valence-electron chi connectivity index (χ4n) is 2.85. The molecule has 140 valence electrons. The standard InChI is InChI=1S/C22H18N2O3S/c25-28(26,21-8-4-7-19(13-21)18-5-2-1-3-6-18)24-15-17-9-10-22(23-14-17)20-11-12-27-16-20/h1-14,16,24H,15H2. The van der Waals surface area contributed by atoms with Crippen molar-refractivity contribution >= 4 is 10.0 Å². The monoisotopic (exact) mass is 390 g/mol. The summed E-state index contributed by atoms with van der Waals surface area (Å²) in [4.78, 5) is 4.59. The minimum Gasteiger partial charge on any atom is -0.472 e. The molecule has 0 aliphatic carbocycles. The summed E-state index contributed by atoms with van der Waals surface area (Å²) in [6.07, 6.45) is 4.86. The summed E-state index contributed by atoms with van der Waals surface area (Å²) in [7, 11) is -3.64. The Labute approximate surface area is 163 Å². The molecule has 0 unspecified atom stereocenters. The second kappa shape index (κ2) is 7.80. The van der Waals surface area contributed by atoms with Gasteiger partial charge in [-0.25, -0.2) is 13.1 Å². The summed E-state index contributed by atoms with van der Waals surface area (Å²) >= 11 is 0. The van der Waals surface area contributed by atoms with Crippen molar-refractivity contribution in [1.82, 2.24) is 9.71 Å². The van der Waals surface area contributed by atoms with Crippen molar-refractivity contribution in [1.29, 1.82) is 0 Å². The number of nitrogens with one attached hydrogen (secondary N) is 1. The van der Waals surface area contributed by atoms with Crippen molar-refractivity contribution in [3.05, 3.63) is 97.1 Å². The molecule has 4 aromatic rings. The van der Waals surface area contributed by atoms with Crippen LogP contribution in [0.25, 0.3) is 22.4 Å². The molecule has 0 aliphatic rings. The van der Waals surface area contributed by atoms with E-state index >= 15 is 0 Å². The Kier molecular flexibility index (Phi) is 5.06. The maximum absolute atomic E-state index is 12.7. The summed E-state index contributed by atoms with van der Waals surface area (Å²) < 4.78 is 33.1. The second-order valence-corrected chi connectivity index (χ2v) is 8.05. The lowest BCUT2D eigenvalue weighted by atomic mass is 10.1. The Morgan fingerprint density at radius 3 is 2.39 bits per heavy atom. The van der Waals surface area contributed by atoms with Gasteiger partial charge in [0.2, 0.25) is 10.0 Å². The molecule has 6 heteroatoms. The van der Waals surface area contributed by atoms with Crippen molar-refractivity contribution in [3.63, 3.8) is 0 Å². The van der Waals surface area contributed by atoms with Gasteiger partial charge in [-0.3, -0.25) is 4.98 Å². The summed E-state index contributed by atoms with van der Waals surface area (Å²) in [5.74, 6) is 0. The van der Waals surface area contributed by atoms with Crippen LogP contribution >= 0.6 is 0 Å². The predicted octanol–water partition coefficient (Wildman–Crippen LogP) is 4.49. The van der Waals surface area contributed by atoms with Crippen LogP contribution in [0, 0.1) is 0 Å². The molecule has 0 amide bonds. The lowest BCUT2D eigenvalue weighted by Crippen LogP contribution is -2.23. The summed E-state index contributed by atoms with van der Waals surface area (Å²) in [6, 6.07) is 22.1. The van der Waals surface area contributed by atoms with Crippen molar-refractivity contribution in [2.24, 2.45) is 0 Å². The molecule has 0 saturated carbocycles. The fourth-order valence-corrected chi connectivity index (χ4v) is 3.91. The third-order valence-electron chi connectivity index (χ3n) is 4.36. The normalized spacial score (nSPS) is 11.4. The van der Waals surface area contributed by atoms with Gasteiger partial charge >= 0.3 is 0 Å². The molecule has 5 nitrogen and oxygen atoms in total. The molecule has 28 heavy (non-hydrogen) atoms. The first-order valence-electron chi connectivity index (χ1n) is 8.74. The van der Waals surface area contributed by atoms with Gasteiger partial charge in [-0.1, -0.05) is 48.5 Å². The zero-order valence-corrected chi connectivity index (χ0v) is 15.8. The minimum absolute atomic E-state index is 0.163. The summed E-state index contributed by atoms with van der Waals surface area (Å²) in [5.41, 5.74) is 4.25. The van der Waals surface area contributed by atoms with Crippen molar-refractivity contribution < 1.29 is 12.8 Å². The van der Waals surface area contributed by atoms with E-state index in [1.54, 1.807) is 36.9 Å². The van der Waals surface area contributed by atoms with Crippen molar-refractivity contribution in [2.75, 3.05) is 0 Å². The Balaban J connectivity index is 1.49. The maximum Gasteiger partial charge on any atom is 0.240 e. The van der Waals surface area contributed by atoms with E-state index in [4.69, 9.17) is 4.42 Å². The van der Waals surface area contributed by atoms with Gasteiger partial charge in [-0.05, 0) is 41.0 Å². The van der Waals surface area contributed by atoms with E-state index in [9.17, 15) is 8.42 Å². The van der Waals surface area contributed by atoms with Crippen LogP contribution < -0.4 is 4.72 Å². The number of hydrogen-bond donors (Lipinski definition) is 1. The Morgan fingerprint density at radius 1 is 0.857 bits per heavy atom. The van der Waals surface area contributed by atoms with E-state index in [1.165, 1.54) is 0 Å². The number of rotatable bonds is 6. The zero-order valence-electron chi connectivity index (χ0n) is 14.9. The van der Waals surface area contributed by atoms with Gasteiger partial charge in [0.05, 0.1) is 23.1 Å². The van der Waals surface area contributed by atoms with Crippen molar-refractivity contribution in [3.8, 4) is 22.4 Å². The van der Waals surface area contributed by atoms with Gasteiger partial charge in [0, 0.05) is 18.3 Å². The highest BCUT2D eigenvalue weighted by molar-refractivity contribution is 7.89. The van der Waals surface area contributed by atoms with Crippen LogP contribution in [0.15, 0.2) is 101 Å². The smallest absolute Gasteiger partial charge is 0.240 e. The summed E-state index contributed by atoms with van der Waals surface area (Å²) in [5, 5.41) is 0. The molecule has 0 atom stereocenters. The molecule has 2 aromatic carbocycles. The lowest BCUT2D eigenvalue weighted by Gasteiger charge is -2.09. The van der Waals surface area contributed by atoms with E-state index in [0.29, 0.717) is 0 Å². The topological polar surface area (TPSA) is 72.2 Å². The number of hydrogen-bond acceptors (Lipinski definition) is 4. The lowest BCUT2D eigenvalue weighted by molar-refractivity contribution is 0.568. The molecular weight excluding hydrogens is 372 g/mol. The Morgan fingerprint density at radius 2 is 1.68 bits per heavy atom. The van der Waals surface area contributed by atoms with Crippen LogP contribution in [0.3, 0.4) is 0 Å². The molecule has 2 heterocycles. The van der Waals surface area contributed by atoms with E-state index in [-0.39, 0.29) is 11.4 Å². The fraction of sp³-hybridized carbons (Fsp3) is 0.0455.